The van der Waals surface area contributed by atoms with Gasteiger partial charge in [0.1, 0.15) is 0 Å². The normalized spacial score (nSPS) is 10.0. The molecule has 0 saturated carbocycles. The minimum atomic E-state index is -3.65. The standard InChI is InChI=1S/C11H15ClO2S.C11H16S.Ac.Cl2.H2O/c1-6-7(2)9(4)11(15(12,13)14)10(5)8(6)3;1-6-7(2)9(4)11(12)10(5)8(6)3;;1-2;/h1-5H3;12H,1-5H3;;;1H2. The fourth-order valence-corrected chi connectivity index (χ4v) is 5.38. The van der Waals surface area contributed by atoms with Gasteiger partial charge >= 0.3 is 0 Å². The average Bonchev–Trinajstić information content (AvgIpc) is 2.67. The van der Waals surface area contributed by atoms with Crippen molar-refractivity contribution in [3.05, 3.63) is 55.6 Å². The maximum Gasteiger partial charge on any atom is 0.261 e. The molecule has 0 amide bonds. The van der Waals surface area contributed by atoms with E-state index in [4.69, 9.17) is 10.7 Å². The van der Waals surface area contributed by atoms with Crippen LogP contribution in [-0.4, -0.2) is 13.9 Å². The van der Waals surface area contributed by atoms with Crippen LogP contribution in [0.15, 0.2) is 9.79 Å². The predicted octanol–water partition coefficient (Wildman–Crippen LogP) is 7.23. The van der Waals surface area contributed by atoms with Gasteiger partial charge in [0.15, 0.2) is 0 Å². The van der Waals surface area contributed by atoms with E-state index in [0.717, 1.165) is 32.7 Å². The van der Waals surface area contributed by atoms with Crippen molar-refractivity contribution in [2.75, 3.05) is 0 Å². The monoisotopic (exact) mass is 741 g/mol. The zero-order valence-electron chi connectivity index (χ0n) is 19.9. The smallest absolute Gasteiger partial charge is 0.261 e. The summed E-state index contributed by atoms with van der Waals surface area (Å²) in [5, 5.41) is 0. The van der Waals surface area contributed by atoms with E-state index in [1.807, 2.05) is 20.8 Å². The third-order valence-corrected chi connectivity index (χ3v) is 8.37. The predicted molar refractivity (Wildman–Crippen MR) is 136 cm³/mol. The molecule has 1 radical (unpaired) electrons. The molecule has 0 heterocycles. The van der Waals surface area contributed by atoms with Gasteiger partial charge in [0, 0.05) is 81.4 Å². The van der Waals surface area contributed by atoms with Gasteiger partial charge in [0.25, 0.3) is 9.05 Å². The van der Waals surface area contributed by atoms with E-state index in [-0.39, 0.29) is 54.4 Å². The van der Waals surface area contributed by atoms with Gasteiger partial charge in [-0.3, -0.25) is 0 Å². The Bertz CT molecular complexity index is 888. The van der Waals surface area contributed by atoms with Crippen LogP contribution in [0.25, 0.3) is 0 Å². The van der Waals surface area contributed by atoms with Crippen LogP contribution < -0.4 is 0 Å². The molecule has 175 valence electrons. The van der Waals surface area contributed by atoms with E-state index >= 15 is 0 Å². The van der Waals surface area contributed by atoms with Crippen molar-refractivity contribution in [3.8, 4) is 0 Å². The molecule has 2 rings (SSSR count). The second-order valence-electron chi connectivity index (χ2n) is 7.37. The second-order valence-corrected chi connectivity index (χ2v) is 10.3. The van der Waals surface area contributed by atoms with Crippen molar-refractivity contribution in [2.24, 2.45) is 0 Å². The summed E-state index contributed by atoms with van der Waals surface area (Å²) in [6.07, 6.45) is 0. The van der Waals surface area contributed by atoms with Crippen LogP contribution in [0.3, 0.4) is 0 Å². The molecule has 0 fully saturated rings. The van der Waals surface area contributed by atoms with E-state index in [9.17, 15) is 8.42 Å². The van der Waals surface area contributed by atoms with Crippen molar-refractivity contribution in [1.82, 2.24) is 0 Å². The molecule has 31 heavy (non-hydrogen) atoms. The quantitative estimate of drug-likeness (QED) is 0.248. The molecule has 2 N–H and O–H groups in total. The Labute approximate surface area is 243 Å². The molecule has 0 bridgehead atoms. The van der Waals surface area contributed by atoms with Gasteiger partial charge in [-0.05, 0) is 125 Å². The zero-order valence-corrected chi connectivity index (χ0v) is 28.6. The zero-order chi connectivity index (χ0) is 23.4. The Morgan fingerprint density at radius 1 is 0.548 bits per heavy atom. The molecule has 0 atom stereocenters. The third-order valence-electron chi connectivity index (χ3n) is 6.14. The van der Waals surface area contributed by atoms with E-state index in [2.05, 4.69) is 69.0 Å². The molecule has 9 heteroatoms. The summed E-state index contributed by atoms with van der Waals surface area (Å²) < 4.78 is 22.9. The first-order valence-electron chi connectivity index (χ1n) is 9.06. The van der Waals surface area contributed by atoms with Gasteiger partial charge in [-0.1, -0.05) is 0 Å². The summed E-state index contributed by atoms with van der Waals surface area (Å²) in [7, 11) is 10.0. The summed E-state index contributed by atoms with van der Waals surface area (Å²) in [5.74, 6) is 0. The van der Waals surface area contributed by atoms with Crippen LogP contribution >= 0.6 is 45.0 Å². The molecule has 0 unspecified atom stereocenters. The number of thiol groups is 1. The van der Waals surface area contributed by atoms with Gasteiger partial charge in [0.2, 0.25) is 0 Å². The largest absolute Gasteiger partial charge is 0.412 e. The Balaban J connectivity index is -0.000000449. The minimum absolute atomic E-state index is 0. The first-order valence-corrected chi connectivity index (χ1v) is 13.0. The van der Waals surface area contributed by atoms with Gasteiger partial charge in [0.05, 0.1) is 4.90 Å². The minimum Gasteiger partial charge on any atom is -0.412 e. The molecule has 0 aliphatic heterocycles. The fourth-order valence-electron chi connectivity index (χ4n) is 3.31. The Hall–Kier alpha value is 1.01. The van der Waals surface area contributed by atoms with Crippen LogP contribution in [0.2, 0.25) is 0 Å². The Morgan fingerprint density at radius 2 is 0.742 bits per heavy atom. The van der Waals surface area contributed by atoms with Gasteiger partial charge in [-0.25, -0.2) is 8.42 Å². The first kappa shape index (κ1) is 36.6. The topological polar surface area (TPSA) is 65.6 Å². The number of hydrogen-bond acceptors (Lipinski definition) is 3. The molecule has 0 saturated heterocycles. The van der Waals surface area contributed by atoms with Crippen molar-refractivity contribution >= 4 is 54.1 Å². The molecule has 3 nitrogen and oxygen atoms in total. The van der Waals surface area contributed by atoms with Crippen molar-refractivity contribution < 1.29 is 58.0 Å². The van der Waals surface area contributed by atoms with Crippen LogP contribution in [0, 0.1) is 113 Å². The molecule has 0 aliphatic rings. The first-order chi connectivity index (χ1) is 13.1. The number of rotatable bonds is 1. The van der Waals surface area contributed by atoms with Gasteiger partial charge in [-0.15, -0.1) is 12.6 Å². The molecule has 0 aliphatic carbocycles. The van der Waals surface area contributed by atoms with E-state index in [1.54, 1.807) is 13.8 Å². The average molecular weight is 743 g/mol. The Kier molecular flexibility index (Phi) is 17.8. The molecular formula is C22H33AcCl3O3S2. The number of halogens is 3. The van der Waals surface area contributed by atoms with Crippen molar-refractivity contribution in [2.45, 2.75) is 79.0 Å². The number of hydrogen-bond donors (Lipinski definition) is 1. The van der Waals surface area contributed by atoms with Crippen LogP contribution in [0.5, 0.6) is 0 Å². The SMILES string of the molecule is Cc1c(C)c(C)c(S(=O)(=O)Cl)c(C)c1C.Cc1c(C)c(C)c(S)c(C)c1C.ClCl.O.[Ac]. The third kappa shape index (κ3) is 8.62. The van der Waals surface area contributed by atoms with Gasteiger partial charge < -0.3 is 5.48 Å². The van der Waals surface area contributed by atoms with Crippen LogP contribution in [-0.2, 0) is 9.05 Å². The maximum absolute atomic E-state index is 11.5. The fraction of sp³-hybridized carbons (Fsp3) is 0.455. The van der Waals surface area contributed by atoms with E-state index < -0.39 is 9.05 Å². The van der Waals surface area contributed by atoms with E-state index in [0.29, 0.717) is 0 Å². The second kappa shape index (κ2) is 15.1. The van der Waals surface area contributed by atoms with Crippen molar-refractivity contribution in [3.63, 3.8) is 0 Å². The summed E-state index contributed by atoms with van der Waals surface area (Å²) in [6, 6.07) is 0. The molecule has 0 spiro atoms. The van der Waals surface area contributed by atoms with Gasteiger partial charge in [-0.2, -0.15) is 0 Å². The Morgan fingerprint density at radius 3 is 0.968 bits per heavy atom. The van der Waals surface area contributed by atoms with Crippen LogP contribution in [0.1, 0.15) is 55.6 Å². The van der Waals surface area contributed by atoms with E-state index in [1.165, 1.54) is 27.8 Å². The summed E-state index contributed by atoms with van der Waals surface area (Å²) in [5.41, 5.74) is 11.4. The number of benzene rings is 2. The van der Waals surface area contributed by atoms with Crippen LogP contribution in [0.4, 0.5) is 0 Å². The molecular weight excluding hydrogens is 710 g/mol. The summed E-state index contributed by atoms with van der Waals surface area (Å²) in [4.78, 5) is 1.42. The molecule has 0 aromatic heterocycles. The van der Waals surface area contributed by atoms with Crippen molar-refractivity contribution in [1.29, 1.82) is 0 Å². The summed E-state index contributed by atoms with van der Waals surface area (Å²) >= 11 is 4.50. The maximum atomic E-state index is 11.5. The molecule has 2 aromatic carbocycles. The summed E-state index contributed by atoms with van der Waals surface area (Å²) in [6.45, 7) is 20.2. The molecule has 2 aromatic rings.